The van der Waals surface area contributed by atoms with Gasteiger partial charge in [-0.25, -0.2) is 0 Å². The van der Waals surface area contributed by atoms with Gasteiger partial charge < -0.3 is 0 Å². The molecule has 29 heavy (non-hydrogen) atoms. The van der Waals surface area contributed by atoms with Gasteiger partial charge >= 0.3 is 185 Å². The minimum atomic E-state index is -1.19. The van der Waals surface area contributed by atoms with Crippen LogP contribution in [0.15, 0.2) is 0 Å². The summed E-state index contributed by atoms with van der Waals surface area (Å²) in [6.45, 7) is 6.02. The van der Waals surface area contributed by atoms with Gasteiger partial charge in [0, 0.05) is 0 Å². The molecule has 4 saturated carbocycles. The topological polar surface area (TPSA) is 0 Å². The van der Waals surface area contributed by atoms with Crippen LogP contribution in [0, 0.1) is 0 Å². The first-order valence-electron chi connectivity index (χ1n) is 14.1. The van der Waals surface area contributed by atoms with Crippen molar-refractivity contribution in [1.29, 1.82) is 0 Å². The van der Waals surface area contributed by atoms with Gasteiger partial charge in [-0.1, -0.05) is 0 Å². The van der Waals surface area contributed by atoms with Crippen LogP contribution in [0.2, 0.25) is 0 Å². The third-order valence-corrected chi connectivity index (χ3v) is 26.8. The molecule has 0 amide bonds. The summed E-state index contributed by atoms with van der Waals surface area (Å²) >= 11 is 0. The second kappa shape index (κ2) is 10.7. The molecule has 0 saturated heterocycles. The van der Waals surface area contributed by atoms with Crippen LogP contribution in [-0.2, 0) is 0 Å². The molecule has 0 N–H and O–H groups in total. The fraction of sp³-hybridized carbons (Fsp3) is 1.00. The number of hydrogen-bond acceptors (Lipinski definition) is 0. The second-order valence-electron chi connectivity index (χ2n) is 12.5. The Morgan fingerprint density at radius 2 is 0.586 bits per heavy atom. The van der Waals surface area contributed by atoms with Crippen molar-refractivity contribution in [3.63, 3.8) is 0 Å². The molecule has 2 heteroatoms. The summed E-state index contributed by atoms with van der Waals surface area (Å²) in [4.78, 5) is 0. The second-order valence-corrected chi connectivity index (χ2v) is 23.2. The molecular formula is C27H54P2. The normalized spacial score (nSPS) is 29.0. The molecule has 0 radical (unpaired) electrons. The van der Waals surface area contributed by atoms with E-state index in [0.29, 0.717) is 0 Å². The van der Waals surface area contributed by atoms with E-state index in [0.717, 1.165) is 0 Å². The van der Waals surface area contributed by atoms with Gasteiger partial charge in [0.1, 0.15) is 0 Å². The third kappa shape index (κ3) is 5.27. The Bertz CT molecular complexity index is 397. The van der Waals surface area contributed by atoms with Crippen LogP contribution in [-0.4, -0.2) is 41.9 Å². The zero-order chi connectivity index (χ0) is 20.2. The van der Waals surface area contributed by atoms with Gasteiger partial charge in [-0.3, -0.25) is 0 Å². The van der Waals surface area contributed by atoms with Gasteiger partial charge in [-0.2, -0.15) is 0 Å². The molecule has 0 heterocycles. The molecule has 0 nitrogen and oxygen atoms in total. The van der Waals surface area contributed by atoms with Crippen LogP contribution < -0.4 is 0 Å². The first-order valence-corrected chi connectivity index (χ1v) is 19.9. The molecule has 0 aromatic carbocycles. The van der Waals surface area contributed by atoms with Crippen LogP contribution in [0.4, 0.5) is 0 Å². The summed E-state index contributed by atoms with van der Waals surface area (Å²) in [6.07, 6.45) is 31.9. The van der Waals surface area contributed by atoms with Gasteiger partial charge in [-0.15, -0.1) is 0 Å². The molecule has 0 atom stereocenters. The predicted octanol–water partition coefficient (Wildman–Crippen LogP) is 9.03. The molecule has 4 rings (SSSR count). The summed E-state index contributed by atoms with van der Waals surface area (Å²) in [7, 11) is -2.38. The molecule has 0 aromatic heterocycles. The quantitative estimate of drug-likeness (QED) is 0.361. The van der Waals surface area contributed by atoms with Crippen LogP contribution in [0.5, 0.6) is 0 Å². The molecule has 4 fully saturated rings. The molecule has 0 aliphatic heterocycles. The average Bonchev–Trinajstić information content (AvgIpc) is 2.81. The van der Waals surface area contributed by atoms with E-state index in [1.807, 2.05) is 5.90 Å². The van der Waals surface area contributed by atoms with E-state index in [2.05, 4.69) is 13.3 Å². The molecule has 4 aliphatic rings. The maximum atomic E-state index is 3.01. The monoisotopic (exact) mass is 440 g/mol. The molecule has 0 bridgehead atoms. The SMILES string of the molecule is C[PH](C[PH](C)(C1CCCCC1)C1CCCCC1)(C1CCCCC1)C1CCCCC1. The first kappa shape index (κ1) is 23.0. The van der Waals surface area contributed by atoms with E-state index < -0.39 is 14.5 Å². The molecule has 172 valence electrons. The van der Waals surface area contributed by atoms with E-state index in [1.54, 1.807) is 128 Å². The summed E-state index contributed by atoms with van der Waals surface area (Å²) < 4.78 is 0. The van der Waals surface area contributed by atoms with Crippen molar-refractivity contribution < 1.29 is 0 Å². The fourth-order valence-electron chi connectivity index (χ4n) is 9.11. The molecular weight excluding hydrogens is 386 g/mol. The Balaban J connectivity index is 1.62. The van der Waals surface area contributed by atoms with Gasteiger partial charge in [-0.05, 0) is 0 Å². The number of rotatable bonds is 6. The van der Waals surface area contributed by atoms with Crippen molar-refractivity contribution >= 4 is 14.5 Å². The Hall–Kier alpha value is 0.860. The average molecular weight is 441 g/mol. The van der Waals surface area contributed by atoms with Crippen molar-refractivity contribution in [2.75, 3.05) is 19.2 Å². The van der Waals surface area contributed by atoms with Gasteiger partial charge in [0.15, 0.2) is 0 Å². The third-order valence-electron chi connectivity index (χ3n) is 10.9. The van der Waals surface area contributed by atoms with Crippen molar-refractivity contribution in [3.8, 4) is 0 Å². The van der Waals surface area contributed by atoms with E-state index in [4.69, 9.17) is 0 Å². The van der Waals surface area contributed by atoms with Crippen molar-refractivity contribution in [2.45, 2.75) is 151 Å². The summed E-state index contributed by atoms with van der Waals surface area (Å²) in [6, 6.07) is 0. The van der Waals surface area contributed by atoms with Crippen molar-refractivity contribution in [3.05, 3.63) is 0 Å². The molecule has 0 unspecified atom stereocenters. The maximum absolute atomic E-state index is 3.01. The molecule has 4 aliphatic carbocycles. The van der Waals surface area contributed by atoms with Gasteiger partial charge in [0.25, 0.3) is 0 Å². The fourth-order valence-corrected chi connectivity index (χ4v) is 28.5. The minimum absolute atomic E-state index is 1.19. The Labute approximate surface area is 184 Å². The van der Waals surface area contributed by atoms with Crippen LogP contribution in [0.3, 0.4) is 0 Å². The Morgan fingerprint density at radius 1 is 0.379 bits per heavy atom. The van der Waals surface area contributed by atoms with Crippen LogP contribution in [0.1, 0.15) is 128 Å². The zero-order valence-corrected chi connectivity index (χ0v) is 22.2. The summed E-state index contributed by atoms with van der Waals surface area (Å²) in [5.74, 6) is 1.87. The predicted molar refractivity (Wildman–Crippen MR) is 141 cm³/mol. The van der Waals surface area contributed by atoms with E-state index >= 15 is 0 Å². The van der Waals surface area contributed by atoms with Crippen molar-refractivity contribution in [2.24, 2.45) is 0 Å². The summed E-state index contributed by atoms with van der Waals surface area (Å²) in [5, 5.41) is 0. The van der Waals surface area contributed by atoms with Gasteiger partial charge in [0.2, 0.25) is 0 Å². The Morgan fingerprint density at radius 3 is 0.793 bits per heavy atom. The van der Waals surface area contributed by atoms with E-state index in [-0.39, 0.29) is 0 Å². The van der Waals surface area contributed by atoms with E-state index in [9.17, 15) is 0 Å². The standard InChI is InChI=1S/C27H54P2/c1-28(24-15-7-3-8-16-24,25-17-9-4-10-18-25)23-29(2,26-19-11-5-12-20-26)27-21-13-6-14-22-27/h24-29H,3-23H2,1-2H3. The molecule has 0 aromatic rings. The van der Waals surface area contributed by atoms with Crippen LogP contribution in [0.25, 0.3) is 0 Å². The van der Waals surface area contributed by atoms with Crippen molar-refractivity contribution in [1.82, 2.24) is 0 Å². The van der Waals surface area contributed by atoms with Gasteiger partial charge in [0.05, 0.1) is 0 Å². The number of hydrogen-bond donors (Lipinski definition) is 0. The van der Waals surface area contributed by atoms with Crippen LogP contribution >= 0.6 is 14.5 Å². The first-order chi connectivity index (χ1) is 14.1. The Kier molecular flexibility index (Phi) is 8.46. The van der Waals surface area contributed by atoms with E-state index in [1.165, 1.54) is 22.6 Å². The zero-order valence-electron chi connectivity index (χ0n) is 20.2. The summed E-state index contributed by atoms with van der Waals surface area (Å²) in [5.41, 5.74) is 4.83. The molecule has 0 spiro atoms.